The zero-order valence-corrected chi connectivity index (χ0v) is 17.9. The van der Waals surface area contributed by atoms with Crippen LogP contribution in [0.4, 0.5) is 5.82 Å². The zero-order valence-electron chi connectivity index (χ0n) is 16.3. The predicted octanol–water partition coefficient (Wildman–Crippen LogP) is 5.18. The van der Waals surface area contributed by atoms with Gasteiger partial charge in [-0.05, 0) is 42.3 Å². The van der Waals surface area contributed by atoms with Crippen molar-refractivity contribution in [3.63, 3.8) is 0 Å². The van der Waals surface area contributed by atoms with E-state index in [-0.39, 0.29) is 16.6 Å². The van der Waals surface area contributed by atoms with Gasteiger partial charge < -0.3 is 5.32 Å². The number of anilines is 1. The molecule has 1 N–H and O–H groups in total. The van der Waals surface area contributed by atoms with E-state index in [2.05, 4.69) is 15.3 Å². The van der Waals surface area contributed by atoms with Crippen LogP contribution in [0.1, 0.15) is 16.7 Å². The van der Waals surface area contributed by atoms with Crippen molar-refractivity contribution in [3.8, 4) is 0 Å². The first-order valence-corrected chi connectivity index (χ1v) is 11.5. The maximum Gasteiger partial charge on any atom is 0.203 e. The summed E-state index contributed by atoms with van der Waals surface area (Å²) in [6, 6.07) is 22.0. The number of halogens is 1. The van der Waals surface area contributed by atoms with Crippen LogP contribution in [0.25, 0.3) is 11.0 Å². The fraction of sp³-hybridized carbons (Fsp3) is 0.130. The highest BCUT2D eigenvalue weighted by atomic mass is 35.5. The minimum Gasteiger partial charge on any atom is -0.364 e. The third-order valence-corrected chi connectivity index (χ3v) is 6.52. The molecule has 0 unspecified atom stereocenters. The second kappa shape index (κ2) is 8.42. The topological polar surface area (TPSA) is 72.0 Å². The molecule has 0 aliphatic rings. The highest BCUT2D eigenvalue weighted by Gasteiger charge is 2.23. The molecular formula is C23H20ClN3O2S. The second-order valence-electron chi connectivity index (χ2n) is 7.09. The molecule has 4 rings (SSSR count). The van der Waals surface area contributed by atoms with Crippen molar-refractivity contribution in [1.29, 1.82) is 0 Å². The average molecular weight is 438 g/mol. The Balaban J connectivity index is 1.71. The average Bonchev–Trinajstić information content (AvgIpc) is 2.74. The number of para-hydroxylation sites is 2. The number of nitrogens with zero attached hydrogens (tertiary/aromatic N) is 2. The van der Waals surface area contributed by atoms with Gasteiger partial charge in [-0.25, -0.2) is 18.4 Å². The van der Waals surface area contributed by atoms with E-state index < -0.39 is 9.84 Å². The number of fused-ring (bicyclic) bond motifs is 1. The quantitative estimate of drug-likeness (QED) is 0.450. The van der Waals surface area contributed by atoms with Crippen molar-refractivity contribution in [2.75, 3.05) is 5.32 Å². The molecule has 4 aromatic rings. The van der Waals surface area contributed by atoms with Gasteiger partial charge in [0.05, 0.1) is 16.8 Å². The van der Waals surface area contributed by atoms with Crippen LogP contribution in [0.3, 0.4) is 0 Å². The largest absolute Gasteiger partial charge is 0.364 e. The summed E-state index contributed by atoms with van der Waals surface area (Å²) in [6.45, 7) is 2.46. The van der Waals surface area contributed by atoms with Crippen LogP contribution in [-0.4, -0.2) is 18.4 Å². The number of aryl methyl sites for hydroxylation is 1. The SMILES string of the molecule is Cc1ccc(CNc2nc3ccccc3nc2S(=O)(=O)Cc2ccc(Cl)cc2)cc1. The molecule has 30 heavy (non-hydrogen) atoms. The summed E-state index contributed by atoms with van der Waals surface area (Å²) in [6.07, 6.45) is 0. The molecule has 0 fully saturated rings. The van der Waals surface area contributed by atoms with Crippen LogP contribution in [-0.2, 0) is 22.1 Å². The highest BCUT2D eigenvalue weighted by Crippen LogP contribution is 2.25. The van der Waals surface area contributed by atoms with Gasteiger partial charge in [0.25, 0.3) is 0 Å². The standard InChI is InChI=1S/C23H20ClN3O2S/c1-16-6-8-17(9-7-16)14-25-22-23(27-21-5-3-2-4-20(21)26-22)30(28,29)15-18-10-12-19(24)13-11-18/h2-13H,14-15H2,1H3,(H,25,26). The van der Waals surface area contributed by atoms with E-state index >= 15 is 0 Å². The van der Waals surface area contributed by atoms with Gasteiger partial charge in [0.1, 0.15) is 0 Å². The van der Waals surface area contributed by atoms with Crippen molar-refractivity contribution in [1.82, 2.24) is 9.97 Å². The molecule has 3 aromatic carbocycles. The Hall–Kier alpha value is -2.96. The molecule has 0 amide bonds. The van der Waals surface area contributed by atoms with Crippen molar-refractivity contribution < 1.29 is 8.42 Å². The molecule has 0 spiro atoms. The Morgan fingerprint density at radius 1 is 0.833 bits per heavy atom. The van der Waals surface area contributed by atoms with Gasteiger partial charge in [0.15, 0.2) is 10.8 Å². The molecule has 0 bridgehead atoms. The van der Waals surface area contributed by atoms with Gasteiger partial charge in [-0.3, -0.25) is 0 Å². The van der Waals surface area contributed by atoms with Gasteiger partial charge in [-0.15, -0.1) is 0 Å². The van der Waals surface area contributed by atoms with E-state index in [1.807, 2.05) is 49.4 Å². The molecule has 0 radical (unpaired) electrons. The molecule has 0 atom stereocenters. The molecule has 1 heterocycles. The first-order valence-electron chi connectivity index (χ1n) is 9.44. The van der Waals surface area contributed by atoms with Crippen LogP contribution in [0.2, 0.25) is 5.02 Å². The normalized spacial score (nSPS) is 11.5. The van der Waals surface area contributed by atoms with Crippen molar-refractivity contribution >= 4 is 38.3 Å². The maximum atomic E-state index is 13.2. The van der Waals surface area contributed by atoms with Crippen LogP contribution in [0.15, 0.2) is 77.8 Å². The summed E-state index contributed by atoms with van der Waals surface area (Å²) in [5.74, 6) is 0.0689. The van der Waals surface area contributed by atoms with Crippen LogP contribution in [0.5, 0.6) is 0 Å². The Morgan fingerprint density at radius 3 is 2.10 bits per heavy atom. The molecule has 0 saturated heterocycles. The first kappa shape index (κ1) is 20.3. The Labute approximate surface area is 180 Å². The van der Waals surface area contributed by atoms with E-state index in [0.29, 0.717) is 28.2 Å². The number of aromatic nitrogens is 2. The van der Waals surface area contributed by atoms with Crippen LogP contribution < -0.4 is 5.32 Å². The van der Waals surface area contributed by atoms with Crippen molar-refractivity contribution in [2.45, 2.75) is 24.2 Å². The number of rotatable bonds is 6. The number of hydrogen-bond acceptors (Lipinski definition) is 5. The van der Waals surface area contributed by atoms with E-state index in [4.69, 9.17) is 11.6 Å². The maximum absolute atomic E-state index is 13.2. The number of sulfone groups is 1. The first-order chi connectivity index (χ1) is 14.4. The molecule has 152 valence electrons. The smallest absolute Gasteiger partial charge is 0.203 e. The van der Waals surface area contributed by atoms with E-state index in [1.165, 1.54) is 0 Å². The van der Waals surface area contributed by atoms with Gasteiger partial charge in [-0.2, -0.15) is 0 Å². The summed E-state index contributed by atoms with van der Waals surface area (Å²) in [7, 11) is -3.74. The van der Waals surface area contributed by atoms with E-state index in [1.54, 1.807) is 30.3 Å². The molecule has 0 aliphatic heterocycles. The molecule has 5 nitrogen and oxygen atoms in total. The number of benzene rings is 3. The van der Waals surface area contributed by atoms with E-state index in [9.17, 15) is 8.42 Å². The molecule has 0 aliphatic carbocycles. The Kier molecular flexibility index (Phi) is 5.70. The monoisotopic (exact) mass is 437 g/mol. The third kappa shape index (κ3) is 4.61. The lowest BCUT2D eigenvalue weighted by molar-refractivity contribution is 0.592. The lowest BCUT2D eigenvalue weighted by atomic mass is 10.1. The second-order valence-corrected chi connectivity index (χ2v) is 9.43. The summed E-state index contributed by atoms with van der Waals surface area (Å²) >= 11 is 5.92. The van der Waals surface area contributed by atoms with Gasteiger partial charge in [0, 0.05) is 11.6 Å². The minimum absolute atomic E-state index is 0.0525. The lowest BCUT2D eigenvalue weighted by Crippen LogP contribution is -2.13. The predicted molar refractivity (Wildman–Crippen MR) is 120 cm³/mol. The molecule has 7 heteroatoms. The third-order valence-electron chi connectivity index (χ3n) is 4.68. The highest BCUT2D eigenvalue weighted by molar-refractivity contribution is 7.90. The van der Waals surface area contributed by atoms with Crippen LogP contribution >= 0.6 is 11.6 Å². The molecular weight excluding hydrogens is 418 g/mol. The fourth-order valence-electron chi connectivity index (χ4n) is 3.08. The molecule has 1 aromatic heterocycles. The summed E-state index contributed by atoms with van der Waals surface area (Å²) in [5.41, 5.74) is 3.99. The zero-order chi connectivity index (χ0) is 21.1. The Morgan fingerprint density at radius 2 is 1.43 bits per heavy atom. The number of nitrogens with one attached hydrogen (secondary N) is 1. The summed E-state index contributed by atoms with van der Waals surface area (Å²) in [4.78, 5) is 9.00. The van der Waals surface area contributed by atoms with Crippen molar-refractivity contribution in [2.24, 2.45) is 0 Å². The van der Waals surface area contributed by atoms with Crippen molar-refractivity contribution in [3.05, 3.63) is 94.5 Å². The van der Waals surface area contributed by atoms with Gasteiger partial charge in [-0.1, -0.05) is 65.7 Å². The van der Waals surface area contributed by atoms with Gasteiger partial charge >= 0.3 is 0 Å². The number of hydrogen-bond donors (Lipinski definition) is 1. The van der Waals surface area contributed by atoms with E-state index in [0.717, 1.165) is 11.1 Å². The Bertz CT molecular complexity index is 1290. The van der Waals surface area contributed by atoms with Gasteiger partial charge in [0.2, 0.25) is 9.84 Å². The van der Waals surface area contributed by atoms with Crippen LogP contribution in [0, 0.1) is 6.92 Å². The molecule has 0 saturated carbocycles. The summed E-state index contributed by atoms with van der Waals surface area (Å²) < 4.78 is 26.5. The fourth-order valence-corrected chi connectivity index (χ4v) is 4.62. The summed E-state index contributed by atoms with van der Waals surface area (Å²) in [5, 5.41) is 3.67. The lowest BCUT2D eigenvalue weighted by Gasteiger charge is -2.13. The minimum atomic E-state index is -3.74.